The fourth-order valence-corrected chi connectivity index (χ4v) is 3.10. The molecule has 3 nitrogen and oxygen atoms in total. The fraction of sp³-hybridized carbons (Fsp3) is 0.353. The number of ketones is 1. The molecular weight excluding hydrogens is 305 g/mol. The van der Waals surface area contributed by atoms with E-state index in [1.54, 1.807) is 18.2 Å². The summed E-state index contributed by atoms with van der Waals surface area (Å²) in [5, 5.41) is 0.383. The second kappa shape index (κ2) is 6.63. The number of furan rings is 1. The van der Waals surface area contributed by atoms with E-state index in [1.165, 1.54) is 12.1 Å². The van der Waals surface area contributed by atoms with Gasteiger partial charge in [0.25, 0.3) is 0 Å². The molecule has 22 heavy (non-hydrogen) atoms. The minimum atomic E-state index is -0.325. The van der Waals surface area contributed by atoms with Crippen molar-refractivity contribution in [2.45, 2.75) is 31.8 Å². The number of hydrogen-bond donors (Lipinski definition) is 0. The Morgan fingerprint density at radius 1 is 1.27 bits per heavy atom. The van der Waals surface area contributed by atoms with Gasteiger partial charge in [0.05, 0.1) is 6.54 Å². The van der Waals surface area contributed by atoms with Crippen LogP contribution in [0.25, 0.3) is 0 Å². The van der Waals surface area contributed by atoms with E-state index in [2.05, 4.69) is 4.90 Å². The molecule has 1 aliphatic heterocycles. The lowest BCUT2D eigenvalue weighted by Gasteiger charge is -2.22. The van der Waals surface area contributed by atoms with Gasteiger partial charge < -0.3 is 4.42 Å². The highest BCUT2D eigenvalue weighted by atomic mass is 35.5. The lowest BCUT2D eigenvalue weighted by molar-refractivity contribution is 0.0935. The largest absolute Gasteiger partial charge is 0.448 e. The van der Waals surface area contributed by atoms with Crippen LogP contribution in [0.4, 0.5) is 4.39 Å². The summed E-state index contributed by atoms with van der Waals surface area (Å²) < 4.78 is 18.3. The number of hydrogen-bond acceptors (Lipinski definition) is 3. The van der Waals surface area contributed by atoms with E-state index >= 15 is 0 Å². The van der Waals surface area contributed by atoms with E-state index in [0.29, 0.717) is 23.7 Å². The average Bonchev–Trinajstić information content (AvgIpc) is 3.10. The number of carbonyl (C=O) groups excluding carboxylic acids is 1. The molecule has 2 aromatic rings. The minimum absolute atomic E-state index is 0.0503. The summed E-state index contributed by atoms with van der Waals surface area (Å²) in [6, 6.07) is 9.52. The topological polar surface area (TPSA) is 33.5 Å². The molecule has 0 aliphatic carbocycles. The molecule has 3 rings (SSSR count). The van der Waals surface area contributed by atoms with Crippen molar-refractivity contribution in [1.82, 2.24) is 4.90 Å². The minimum Gasteiger partial charge on any atom is -0.448 e. The molecule has 0 amide bonds. The van der Waals surface area contributed by atoms with Gasteiger partial charge in [-0.05, 0) is 67.4 Å². The normalized spacial score (nSPS) is 18.7. The number of nitrogens with zero attached hydrogens (tertiary/aromatic N) is 1. The van der Waals surface area contributed by atoms with Gasteiger partial charge in [0.1, 0.15) is 11.6 Å². The van der Waals surface area contributed by atoms with E-state index in [4.69, 9.17) is 16.0 Å². The molecule has 2 heterocycles. The molecule has 1 fully saturated rings. The first-order valence-electron chi connectivity index (χ1n) is 7.39. The first-order valence-corrected chi connectivity index (χ1v) is 7.76. The highest BCUT2D eigenvalue weighted by Crippen LogP contribution is 2.25. The predicted octanol–water partition coefficient (Wildman–Crippen LogP) is 4.31. The molecule has 0 unspecified atom stereocenters. The van der Waals surface area contributed by atoms with Crippen LogP contribution in [-0.4, -0.2) is 23.3 Å². The van der Waals surface area contributed by atoms with Crippen LogP contribution in [0.5, 0.6) is 0 Å². The molecule has 116 valence electrons. The molecule has 0 radical (unpaired) electrons. The van der Waals surface area contributed by atoms with Crippen LogP contribution >= 0.6 is 11.6 Å². The third kappa shape index (κ3) is 3.57. The van der Waals surface area contributed by atoms with Gasteiger partial charge in [-0.3, -0.25) is 9.69 Å². The van der Waals surface area contributed by atoms with Crippen molar-refractivity contribution in [3.63, 3.8) is 0 Å². The summed E-state index contributed by atoms with van der Waals surface area (Å²) in [4.78, 5) is 14.6. The molecule has 0 spiro atoms. The summed E-state index contributed by atoms with van der Waals surface area (Å²) in [5.74, 6) is 0.536. The zero-order valence-corrected chi connectivity index (χ0v) is 12.9. The van der Waals surface area contributed by atoms with Gasteiger partial charge in [-0.2, -0.15) is 0 Å². The van der Waals surface area contributed by atoms with Crippen molar-refractivity contribution < 1.29 is 13.6 Å². The molecule has 1 atom stereocenters. The standard InChI is InChI=1S/C17H17ClFNO2/c18-17-8-7-15(22-17)11-20-9-1-2-14(20)10-16(21)12-3-5-13(19)6-4-12/h3-8,14H,1-2,9-11H2/t14-/m0/s1. The van der Waals surface area contributed by atoms with Gasteiger partial charge in [0.15, 0.2) is 11.0 Å². The SMILES string of the molecule is O=C(C[C@@H]1CCCN1Cc1ccc(Cl)o1)c1ccc(F)cc1. The summed E-state index contributed by atoms with van der Waals surface area (Å²) in [6.07, 6.45) is 2.50. The second-order valence-electron chi connectivity index (χ2n) is 5.61. The Labute approximate surface area is 133 Å². The van der Waals surface area contributed by atoms with Gasteiger partial charge in [-0.15, -0.1) is 0 Å². The highest BCUT2D eigenvalue weighted by Gasteiger charge is 2.27. The van der Waals surface area contributed by atoms with E-state index < -0.39 is 0 Å². The second-order valence-corrected chi connectivity index (χ2v) is 5.98. The molecule has 1 saturated heterocycles. The van der Waals surface area contributed by atoms with Crippen molar-refractivity contribution in [3.8, 4) is 0 Å². The molecule has 1 aromatic heterocycles. The van der Waals surface area contributed by atoms with Gasteiger partial charge in [-0.1, -0.05) is 0 Å². The Morgan fingerprint density at radius 2 is 2.05 bits per heavy atom. The molecule has 1 aliphatic rings. The van der Waals surface area contributed by atoms with Crippen LogP contribution in [-0.2, 0) is 6.54 Å². The van der Waals surface area contributed by atoms with Crippen molar-refractivity contribution >= 4 is 17.4 Å². The summed E-state index contributed by atoms with van der Waals surface area (Å²) in [7, 11) is 0. The van der Waals surface area contributed by atoms with Crippen LogP contribution in [0, 0.1) is 5.82 Å². The summed E-state index contributed by atoms with van der Waals surface area (Å²) >= 11 is 5.79. The fourth-order valence-electron chi connectivity index (χ4n) is 2.94. The number of likely N-dealkylation sites (tertiary alicyclic amines) is 1. The van der Waals surface area contributed by atoms with E-state index in [9.17, 15) is 9.18 Å². The predicted molar refractivity (Wildman–Crippen MR) is 82.5 cm³/mol. The van der Waals surface area contributed by atoms with Crippen LogP contribution in [0.2, 0.25) is 5.22 Å². The van der Waals surface area contributed by atoms with E-state index in [-0.39, 0.29) is 17.6 Å². The first-order chi connectivity index (χ1) is 10.6. The van der Waals surface area contributed by atoms with Crippen molar-refractivity contribution in [2.24, 2.45) is 0 Å². The maximum Gasteiger partial charge on any atom is 0.193 e. The maximum absolute atomic E-state index is 12.9. The zero-order valence-electron chi connectivity index (χ0n) is 12.1. The highest BCUT2D eigenvalue weighted by molar-refractivity contribution is 6.28. The Hall–Kier alpha value is -1.65. The van der Waals surface area contributed by atoms with Crippen LogP contribution in [0.1, 0.15) is 35.4 Å². The molecule has 1 aromatic carbocycles. The van der Waals surface area contributed by atoms with Crippen molar-refractivity contribution in [2.75, 3.05) is 6.54 Å². The number of benzene rings is 1. The molecule has 5 heteroatoms. The van der Waals surface area contributed by atoms with E-state index in [0.717, 1.165) is 25.1 Å². The van der Waals surface area contributed by atoms with Crippen LogP contribution in [0.15, 0.2) is 40.8 Å². The summed E-state index contributed by atoms with van der Waals surface area (Å²) in [6.45, 7) is 1.60. The molecule has 0 N–H and O–H groups in total. The quantitative estimate of drug-likeness (QED) is 0.769. The van der Waals surface area contributed by atoms with Crippen molar-refractivity contribution in [1.29, 1.82) is 0 Å². The third-order valence-corrected chi connectivity index (χ3v) is 4.28. The Kier molecular flexibility index (Phi) is 4.60. The Morgan fingerprint density at radius 3 is 2.73 bits per heavy atom. The monoisotopic (exact) mass is 321 g/mol. The molecule has 0 saturated carbocycles. The number of rotatable bonds is 5. The average molecular weight is 322 g/mol. The third-order valence-electron chi connectivity index (χ3n) is 4.07. The molecular formula is C17H17ClFNO2. The lowest BCUT2D eigenvalue weighted by atomic mass is 10.0. The van der Waals surface area contributed by atoms with Gasteiger partial charge in [0, 0.05) is 18.0 Å². The van der Waals surface area contributed by atoms with Gasteiger partial charge in [-0.25, -0.2) is 4.39 Å². The number of Topliss-reactive ketones (excluding diaryl/α,β-unsaturated/α-hetero) is 1. The van der Waals surface area contributed by atoms with E-state index in [1.807, 2.05) is 6.07 Å². The smallest absolute Gasteiger partial charge is 0.193 e. The zero-order chi connectivity index (χ0) is 15.5. The lowest BCUT2D eigenvalue weighted by Crippen LogP contribution is -2.30. The Balaban J connectivity index is 1.63. The maximum atomic E-state index is 12.9. The molecule has 0 bridgehead atoms. The van der Waals surface area contributed by atoms with Gasteiger partial charge >= 0.3 is 0 Å². The Bertz CT molecular complexity index is 653. The summed E-state index contributed by atoms with van der Waals surface area (Å²) in [5.41, 5.74) is 0.564. The van der Waals surface area contributed by atoms with Crippen LogP contribution in [0.3, 0.4) is 0 Å². The van der Waals surface area contributed by atoms with Crippen LogP contribution < -0.4 is 0 Å². The number of halogens is 2. The van der Waals surface area contributed by atoms with Crippen molar-refractivity contribution in [3.05, 3.63) is 58.8 Å². The first kappa shape index (κ1) is 15.3. The van der Waals surface area contributed by atoms with Gasteiger partial charge in [0.2, 0.25) is 0 Å². The number of carbonyl (C=O) groups is 1.